The number of hydrogen-bond donors (Lipinski definition) is 3. The molecule has 3 aliphatic carbocycles. The number of fused-ring (bicyclic) bond motifs is 3. The summed E-state index contributed by atoms with van der Waals surface area (Å²) in [4.78, 5) is 79.1. The Morgan fingerprint density at radius 1 is 1.15 bits per heavy atom. The summed E-state index contributed by atoms with van der Waals surface area (Å²) in [6.45, 7) is 6.17. The van der Waals surface area contributed by atoms with E-state index in [0.29, 0.717) is 18.1 Å². The van der Waals surface area contributed by atoms with Crippen LogP contribution < -0.4 is 5.73 Å². The molecule has 4 N–H and O–H groups in total. The summed E-state index contributed by atoms with van der Waals surface area (Å²) in [7, 11) is 0. The van der Waals surface area contributed by atoms with Crippen LogP contribution in [0.2, 0.25) is 0 Å². The standard InChI is InChI=1S/C29H35NO9/c1-4-14(31)10-16-18-11-20(33)23(28(30)37)26(35)29(18,38)27(36)24-21(16)17(12-39-9-8-13(2)3)15-6-5-7-19(32)22(15)25(24)34/h5-7,13,16-18,21,23-24,32,38H,4,8-12H2,1-3H3,(H2,30,37)/t16-,17+,18-,21-,23?,24?,29-/m1/s1. The molecule has 0 aliphatic heterocycles. The topological polar surface area (TPSA) is 178 Å². The molecule has 0 heterocycles. The van der Waals surface area contributed by atoms with Gasteiger partial charge >= 0.3 is 0 Å². The summed E-state index contributed by atoms with van der Waals surface area (Å²) < 4.78 is 5.99. The number of primary amides is 1. The summed E-state index contributed by atoms with van der Waals surface area (Å²) in [5.74, 6) is -13.0. The number of ether oxygens (including phenoxy) is 1. The molecule has 1 amide bonds. The highest BCUT2D eigenvalue weighted by molar-refractivity contribution is 6.31. The van der Waals surface area contributed by atoms with Crippen molar-refractivity contribution < 1.29 is 43.7 Å². The highest BCUT2D eigenvalue weighted by Gasteiger charge is 2.70. The number of nitrogens with two attached hydrogens (primary N) is 1. The molecule has 39 heavy (non-hydrogen) atoms. The zero-order valence-corrected chi connectivity index (χ0v) is 22.3. The number of hydrogen-bond acceptors (Lipinski definition) is 9. The van der Waals surface area contributed by atoms with Crippen LogP contribution in [0.25, 0.3) is 0 Å². The van der Waals surface area contributed by atoms with Crippen LogP contribution in [0.15, 0.2) is 18.2 Å². The lowest BCUT2D eigenvalue weighted by atomic mass is 9.47. The number of carbonyl (C=O) groups is 6. The normalized spacial score (nSPS) is 32.0. The Labute approximate surface area is 226 Å². The van der Waals surface area contributed by atoms with Gasteiger partial charge in [-0.15, -0.1) is 0 Å². The van der Waals surface area contributed by atoms with Crippen LogP contribution in [-0.2, 0) is 28.7 Å². The molecule has 210 valence electrons. The first-order valence-corrected chi connectivity index (χ1v) is 13.4. The van der Waals surface area contributed by atoms with Gasteiger partial charge in [0.1, 0.15) is 11.5 Å². The summed E-state index contributed by atoms with van der Waals surface area (Å²) >= 11 is 0. The van der Waals surface area contributed by atoms with Crippen LogP contribution in [0, 0.1) is 35.5 Å². The number of benzene rings is 1. The van der Waals surface area contributed by atoms with Gasteiger partial charge in [0, 0.05) is 37.7 Å². The van der Waals surface area contributed by atoms with Gasteiger partial charge in [0.2, 0.25) is 5.91 Å². The minimum atomic E-state index is -2.85. The molecule has 4 rings (SSSR count). The number of phenolic OH excluding ortho intramolecular Hbond substituents is 1. The molecule has 10 nitrogen and oxygen atoms in total. The van der Waals surface area contributed by atoms with Gasteiger partial charge in [0.25, 0.3) is 0 Å². The predicted molar refractivity (Wildman–Crippen MR) is 137 cm³/mol. The SMILES string of the molecule is CCC(=O)C[C@H]1[C@H]2C(C(=O)c3c(O)cccc3[C@@H]2COCCC(C)C)C(=O)[C@]2(O)C(=O)C(C(N)=O)C(=O)C[C@H]12. The van der Waals surface area contributed by atoms with Gasteiger partial charge in [-0.2, -0.15) is 0 Å². The van der Waals surface area contributed by atoms with Crippen LogP contribution in [-0.4, -0.2) is 63.9 Å². The highest BCUT2D eigenvalue weighted by Crippen LogP contribution is 2.57. The fourth-order valence-electron chi connectivity index (χ4n) is 6.75. The van der Waals surface area contributed by atoms with Crippen molar-refractivity contribution >= 4 is 34.8 Å². The molecule has 0 radical (unpaired) electrons. The minimum absolute atomic E-state index is 0.0542. The van der Waals surface area contributed by atoms with Gasteiger partial charge in [-0.05, 0) is 35.8 Å². The van der Waals surface area contributed by atoms with Crippen LogP contribution >= 0.6 is 0 Å². The largest absolute Gasteiger partial charge is 0.507 e. The van der Waals surface area contributed by atoms with Crippen LogP contribution in [0.1, 0.15) is 68.3 Å². The van der Waals surface area contributed by atoms with Crippen molar-refractivity contribution in [3.8, 4) is 5.75 Å². The van der Waals surface area contributed by atoms with Crippen molar-refractivity contribution in [3.63, 3.8) is 0 Å². The van der Waals surface area contributed by atoms with Crippen molar-refractivity contribution in [2.75, 3.05) is 13.2 Å². The Hall–Kier alpha value is -3.24. The minimum Gasteiger partial charge on any atom is -0.507 e. The Kier molecular flexibility index (Phi) is 7.91. The molecule has 0 aromatic heterocycles. The van der Waals surface area contributed by atoms with Crippen LogP contribution in [0.4, 0.5) is 0 Å². The van der Waals surface area contributed by atoms with Gasteiger partial charge in [-0.3, -0.25) is 28.8 Å². The van der Waals surface area contributed by atoms with E-state index in [0.717, 1.165) is 6.42 Å². The third kappa shape index (κ3) is 4.63. The molecule has 1 aromatic carbocycles. The van der Waals surface area contributed by atoms with E-state index in [-0.39, 0.29) is 36.5 Å². The van der Waals surface area contributed by atoms with E-state index in [9.17, 15) is 39.0 Å². The number of ketones is 5. The van der Waals surface area contributed by atoms with Crippen molar-refractivity contribution in [3.05, 3.63) is 29.3 Å². The second-order valence-electron chi connectivity index (χ2n) is 11.4. The van der Waals surface area contributed by atoms with Crippen molar-refractivity contribution in [1.82, 2.24) is 0 Å². The lowest BCUT2D eigenvalue weighted by molar-refractivity contribution is -0.183. The summed E-state index contributed by atoms with van der Waals surface area (Å²) in [6.07, 6.45) is 0.168. The number of phenols is 1. The fraction of sp³-hybridized carbons (Fsp3) is 0.586. The Morgan fingerprint density at radius 3 is 2.46 bits per heavy atom. The summed E-state index contributed by atoms with van der Waals surface area (Å²) in [6, 6.07) is 4.54. The number of aromatic hydroxyl groups is 1. The van der Waals surface area contributed by atoms with E-state index < -0.39 is 76.6 Å². The van der Waals surface area contributed by atoms with Crippen LogP contribution in [0.3, 0.4) is 0 Å². The Bertz CT molecular complexity index is 1240. The Morgan fingerprint density at radius 2 is 1.85 bits per heavy atom. The molecule has 10 heteroatoms. The van der Waals surface area contributed by atoms with Crippen molar-refractivity contribution in [2.45, 2.75) is 58.0 Å². The molecule has 0 bridgehead atoms. The lowest BCUT2D eigenvalue weighted by Crippen LogP contribution is -2.71. The van der Waals surface area contributed by atoms with Gasteiger partial charge in [0.05, 0.1) is 18.1 Å². The summed E-state index contributed by atoms with van der Waals surface area (Å²) in [5.41, 5.74) is 2.78. The molecule has 1 aromatic rings. The lowest BCUT2D eigenvalue weighted by Gasteiger charge is -2.55. The number of aliphatic hydroxyl groups is 1. The average Bonchev–Trinajstić information content (AvgIpc) is 2.86. The van der Waals surface area contributed by atoms with E-state index in [2.05, 4.69) is 0 Å². The van der Waals surface area contributed by atoms with Crippen molar-refractivity contribution in [1.29, 1.82) is 0 Å². The van der Waals surface area contributed by atoms with Gasteiger partial charge in [0.15, 0.2) is 34.7 Å². The summed E-state index contributed by atoms with van der Waals surface area (Å²) in [5, 5.41) is 22.4. The quantitative estimate of drug-likeness (QED) is 0.309. The van der Waals surface area contributed by atoms with Gasteiger partial charge in [-0.25, -0.2) is 0 Å². The highest BCUT2D eigenvalue weighted by atomic mass is 16.5. The third-order valence-corrected chi connectivity index (χ3v) is 8.72. The first-order valence-electron chi connectivity index (χ1n) is 13.4. The smallest absolute Gasteiger partial charge is 0.235 e. The van der Waals surface area contributed by atoms with E-state index in [1.165, 1.54) is 6.07 Å². The average molecular weight is 542 g/mol. The predicted octanol–water partition coefficient (Wildman–Crippen LogP) is 1.53. The van der Waals surface area contributed by atoms with Gasteiger partial charge < -0.3 is 20.7 Å². The van der Waals surface area contributed by atoms with Crippen LogP contribution in [0.5, 0.6) is 5.75 Å². The fourth-order valence-corrected chi connectivity index (χ4v) is 6.75. The number of amides is 1. The number of carbonyl (C=O) groups excluding carboxylic acids is 6. The zero-order valence-electron chi connectivity index (χ0n) is 22.3. The van der Waals surface area contributed by atoms with E-state index in [1.54, 1.807) is 19.1 Å². The molecular formula is C29H35NO9. The second kappa shape index (κ2) is 10.7. The zero-order chi connectivity index (χ0) is 28.8. The molecular weight excluding hydrogens is 506 g/mol. The number of rotatable bonds is 9. The Balaban J connectivity index is 1.90. The van der Waals surface area contributed by atoms with E-state index >= 15 is 0 Å². The first kappa shape index (κ1) is 28.8. The molecule has 2 fully saturated rings. The molecule has 2 unspecified atom stereocenters. The van der Waals surface area contributed by atoms with E-state index in [4.69, 9.17) is 10.5 Å². The number of Topliss-reactive ketones (excluding diaryl/α,β-unsaturated/α-hetero) is 5. The first-order chi connectivity index (χ1) is 18.4. The maximum Gasteiger partial charge on any atom is 0.235 e. The molecule has 7 atom stereocenters. The molecule has 3 aliphatic rings. The molecule has 0 spiro atoms. The van der Waals surface area contributed by atoms with Gasteiger partial charge in [-0.1, -0.05) is 32.9 Å². The maximum absolute atomic E-state index is 14.0. The maximum atomic E-state index is 14.0. The van der Waals surface area contributed by atoms with Crippen molar-refractivity contribution in [2.24, 2.45) is 41.2 Å². The third-order valence-electron chi connectivity index (χ3n) is 8.72. The molecule has 0 saturated heterocycles. The second-order valence-corrected chi connectivity index (χ2v) is 11.4. The monoisotopic (exact) mass is 541 g/mol. The molecule has 2 saturated carbocycles. The van der Waals surface area contributed by atoms with E-state index in [1.807, 2.05) is 13.8 Å².